The Labute approximate surface area is 115 Å². The second-order valence-electron chi connectivity index (χ2n) is 3.72. The van der Waals surface area contributed by atoms with E-state index >= 15 is 0 Å². The molecule has 0 aliphatic rings. The number of methoxy groups -OCH3 is 1. The highest BCUT2D eigenvalue weighted by atomic mass is 35.5. The number of aromatic nitrogens is 2. The van der Waals surface area contributed by atoms with Gasteiger partial charge >= 0.3 is 0 Å². The largest absolute Gasteiger partial charge is 0.497 e. The molecule has 1 aromatic heterocycles. The molecule has 0 fully saturated rings. The number of benzene rings is 1. The van der Waals surface area contributed by atoms with Crippen molar-refractivity contribution in [1.29, 1.82) is 5.26 Å². The minimum atomic E-state index is 0.0521. The van der Waals surface area contributed by atoms with Crippen molar-refractivity contribution in [2.75, 3.05) is 12.4 Å². The number of anilines is 1. The van der Waals surface area contributed by atoms with E-state index in [4.69, 9.17) is 21.6 Å². The molecule has 2 rings (SSSR count). The van der Waals surface area contributed by atoms with Crippen molar-refractivity contribution in [2.45, 2.75) is 6.54 Å². The van der Waals surface area contributed by atoms with Gasteiger partial charge in [0.1, 0.15) is 23.3 Å². The summed E-state index contributed by atoms with van der Waals surface area (Å²) in [4.78, 5) is 7.76. The Hall–Kier alpha value is -2.32. The van der Waals surface area contributed by atoms with Gasteiger partial charge in [0, 0.05) is 12.6 Å². The third-order valence-corrected chi connectivity index (χ3v) is 2.62. The lowest BCUT2D eigenvalue weighted by Crippen LogP contribution is -2.03. The average molecular weight is 275 g/mol. The summed E-state index contributed by atoms with van der Waals surface area (Å²) in [6, 6.07) is 11.1. The molecule has 1 aromatic carbocycles. The predicted octanol–water partition coefficient (Wildman–Crippen LogP) is 2.62. The Morgan fingerprint density at radius 3 is 2.68 bits per heavy atom. The number of ether oxygens (including phenoxy) is 1. The first kappa shape index (κ1) is 13.1. The van der Waals surface area contributed by atoms with E-state index in [0.717, 1.165) is 11.3 Å². The number of rotatable bonds is 4. The van der Waals surface area contributed by atoms with Crippen molar-refractivity contribution in [3.05, 3.63) is 46.9 Å². The molecule has 0 saturated heterocycles. The Kier molecular flexibility index (Phi) is 4.16. The van der Waals surface area contributed by atoms with Gasteiger partial charge in [-0.3, -0.25) is 0 Å². The Morgan fingerprint density at radius 1 is 1.32 bits per heavy atom. The summed E-state index contributed by atoms with van der Waals surface area (Å²) >= 11 is 5.72. The second-order valence-corrected chi connectivity index (χ2v) is 4.06. The first-order valence-corrected chi connectivity index (χ1v) is 5.90. The van der Waals surface area contributed by atoms with Crippen LogP contribution < -0.4 is 10.1 Å². The van der Waals surface area contributed by atoms with Gasteiger partial charge in [-0.2, -0.15) is 5.26 Å². The van der Waals surface area contributed by atoms with Gasteiger partial charge in [-0.1, -0.05) is 12.1 Å². The standard InChI is InChI=1S/C13H11ClN4O/c1-19-11-4-2-9(3-5-11)8-16-12-6-10(7-15)17-13(14)18-12/h2-6H,8H2,1H3,(H,16,17,18). The van der Waals surface area contributed by atoms with Crippen molar-refractivity contribution < 1.29 is 4.74 Å². The molecule has 0 bridgehead atoms. The van der Waals surface area contributed by atoms with Crippen molar-refractivity contribution >= 4 is 17.4 Å². The summed E-state index contributed by atoms with van der Waals surface area (Å²) < 4.78 is 5.08. The molecule has 6 heteroatoms. The van der Waals surface area contributed by atoms with Gasteiger partial charge < -0.3 is 10.1 Å². The summed E-state index contributed by atoms with van der Waals surface area (Å²) in [6.45, 7) is 0.572. The molecule has 19 heavy (non-hydrogen) atoms. The van der Waals surface area contributed by atoms with Crippen molar-refractivity contribution in [3.8, 4) is 11.8 Å². The zero-order valence-electron chi connectivity index (χ0n) is 10.2. The van der Waals surface area contributed by atoms with Crippen LogP contribution in [-0.4, -0.2) is 17.1 Å². The smallest absolute Gasteiger partial charge is 0.225 e. The van der Waals surface area contributed by atoms with Crippen molar-refractivity contribution in [1.82, 2.24) is 9.97 Å². The zero-order valence-corrected chi connectivity index (χ0v) is 11.0. The molecule has 0 amide bonds. The van der Waals surface area contributed by atoms with Crippen molar-refractivity contribution in [2.24, 2.45) is 0 Å². The van der Waals surface area contributed by atoms with Gasteiger partial charge in [-0.15, -0.1) is 0 Å². The minimum absolute atomic E-state index is 0.0521. The van der Waals surface area contributed by atoms with Crippen LogP contribution in [0.4, 0.5) is 5.82 Å². The summed E-state index contributed by atoms with van der Waals surface area (Å²) in [7, 11) is 1.62. The molecule has 0 unspecified atom stereocenters. The third-order valence-electron chi connectivity index (χ3n) is 2.45. The monoisotopic (exact) mass is 274 g/mol. The normalized spacial score (nSPS) is 9.74. The van der Waals surface area contributed by atoms with Gasteiger partial charge in [-0.25, -0.2) is 9.97 Å². The number of nitrogens with one attached hydrogen (secondary N) is 1. The maximum absolute atomic E-state index is 8.79. The topological polar surface area (TPSA) is 70.8 Å². The van der Waals surface area contributed by atoms with E-state index in [1.54, 1.807) is 13.2 Å². The highest BCUT2D eigenvalue weighted by Gasteiger charge is 2.02. The van der Waals surface area contributed by atoms with Gasteiger partial charge in [0.25, 0.3) is 0 Å². The Bertz CT molecular complexity index is 607. The fraction of sp³-hybridized carbons (Fsp3) is 0.154. The lowest BCUT2D eigenvalue weighted by Gasteiger charge is -2.07. The number of hydrogen-bond donors (Lipinski definition) is 1. The van der Waals surface area contributed by atoms with E-state index < -0.39 is 0 Å². The lowest BCUT2D eigenvalue weighted by atomic mass is 10.2. The van der Waals surface area contributed by atoms with Crippen LogP contribution in [0.3, 0.4) is 0 Å². The SMILES string of the molecule is COc1ccc(CNc2cc(C#N)nc(Cl)n2)cc1. The molecule has 0 spiro atoms. The van der Waals surface area contributed by atoms with Crippen LogP contribution in [0, 0.1) is 11.3 Å². The molecule has 96 valence electrons. The number of hydrogen-bond acceptors (Lipinski definition) is 5. The van der Waals surface area contributed by atoms with E-state index in [0.29, 0.717) is 12.4 Å². The molecule has 0 radical (unpaired) electrons. The van der Waals surface area contributed by atoms with Crippen molar-refractivity contribution in [3.63, 3.8) is 0 Å². The second kappa shape index (κ2) is 6.03. The average Bonchev–Trinajstić information content (AvgIpc) is 2.45. The fourth-order valence-electron chi connectivity index (χ4n) is 1.50. The molecular weight excluding hydrogens is 264 g/mol. The third kappa shape index (κ3) is 3.57. The van der Waals surface area contributed by atoms with Crippen LogP contribution in [0.2, 0.25) is 5.28 Å². The highest BCUT2D eigenvalue weighted by molar-refractivity contribution is 6.28. The number of nitriles is 1. The van der Waals surface area contributed by atoms with E-state index in [1.165, 1.54) is 0 Å². The van der Waals surface area contributed by atoms with Crippen LogP contribution in [0.15, 0.2) is 30.3 Å². The van der Waals surface area contributed by atoms with E-state index in [1.807, 2.05) is 30.3 Å². The first-order valence-electron chi connectivity index (χ1n) is 5.53. The molecule has 2 aromatic rings. The number of halogens is 1. The summed E-state index contributed by atoms with van der Waals surface area (Å²) in [5.41, 5.74) is 1.30. The molecule has 1 heterocycles. The Balaban J connectivity index is 2.05. The van der Waals surface area contributed by atoms with Gasteiger partial charge in [-0.05, 0) is 29.3 Å². The highest BCUT2D eigenvalue weighted by Crippen LogP contribution is 2.14. The molecule has 0 atom stereocenters. The van der Waals surface area contributed by atoms with Crippen LogP contribution in [0.5, 0.6) is 5.75 Å². The Morgan fingerprint density at radius 2 is 2.05 bits per heavy atom. The van der Waals surface area contributed by atoms with Crippen LogP contribution in [-0.2, 0) is 6.54 Å². The minimum Gasteiger partial charge on any atom is -0.497 e. The maximum Gasteiger partial charge on any atom is 0.225 e. The van der Waals surface area contributed by atoms with E-state index in [2.05, 4.69) is 15.3 Å². The molecule has 0 aliphatic carbocycles. The summed E-state index contributed by atoms with van der Waals surface area (Å²) in [5.74, 6) is 1.33. The quantitative estimate of drug-likeness (QED) is 0.868. The summed E-state index contributed by atoms with van der Waals surface area (Å²) in [5, 5.41) is 11.9. The number of nitrogens with zero attached hydrogens (tertiary/aromatic N) is 3. The zero-order chi connectivity index (χ0) is 13.7. The van der Waals surface area contributed by atoms with Crippen LogP contribution >= 0.6 is 11.6 Å². The molecular formula is C13H11ClN4O. The van der Waals surface area contributed by atoms with Gasteiger partial charge in [0.05, 0.1) is 7.11 Å². The van der Waals surface area contributed by atoms with E-state index in [9.17, 15) is 0 Å². The molecule has 5 nitrogen and oxygen atoms in total. The predicted molar refractivity (Wildman–Crippen MR) is 72.1 cm³/mol. The first-order chi connectivity index (χ1) is 9.21. The van der Waals surface area contributed by atoms with Crippen LogP contribution in [0.1, 0.15) is 11.3 Å². The molecule has 0 saturated carbocycles. The maximum atomic E-state index is 8.79. The lowest BCUT2D eigenvalue weighted by molar-refractivity contribution is 0.414. The van der Waals surface area contributed by atoms with Crippen LogP contribution in [0.25, 0.3) is 0 Å². The fourth-order valence-corrected chi connectivity index (χ4v) is 1.68. The summed E-state index contributed by atoms with van der Waals surface area (Å²) in [6.07, 6.45) is 0. The van der Waals surface area contributed by atoms with Gasteiger partial charge in [0.2, 0.25) is 5.28 Å². The van der Waals surface area contributed by atoms with Gasteiger partial charge in [0.15, 0.2) is 0 Å². The molecule has 1 N–H and O–H groups in total. The van der Waals surface area contributed by atoms with E-state index in [-0.39, 0.29) is 11.0 Å². The molecule has 0 aliphatic heterocycles.